The van der Waals surface area contributed by atoms with Crippen LogP contribution >= 0.6 is 24.0 Å². The van der Waals surface area contributed by atoms with E-state index in [2.05, 4.69) is 5.32 Å². The number of hydrogen-bond acceptors (Lipinski definition) is 3. The van der Waals surface area contributed by atoms with Gasteiger partial charge in [-0.2, -0.15) is 0 Å². The number of anilines is 1. The van der Waals surface area contributed by atoms with Crippen LogP contribution in [0, 0.1) is 5.92 Å². The third-order valence-electron chi connectivity index (χ3n) is 3.84. The van der Waals surface area contributed by atoms with E-state index in [1.165, 1.54) is 0 Å². The van der Waals surface area contributed by atoms with Crippen molar-refractivity contribution in [2.24, 2.45) is 11.7 Å². The molecule has 1 aliphatic carbocycles. The van der Waals surface area contributed by atoms with Crippen LogP contribution in [0.15, 0.2) is 18.2 Å². The van der Waals surface area contributed by atoms with Crippen molar-refractivity contribution in [3.05, 3.63) is 23.2 Å². The van der Waals surface area contributed by atoms with E-state index in [9.17, 15) is 4.79 Å². The van der Waals surface area contributed by atoms with Crippen LogP contribution in [-0.2, 0) is 4.79 Å². The van der Waals surface area contributed by atoms with Gasteiger partial charge in [-0.1, -0.05) is 24.9 Å². The Morgan fingerprint density at radius 1 is 1.45 bits per heavy atom. The van der Waals surface area contributed by atoms with Gasteiger partial charge in [0.1, 0.15) is 5.75 Å². The monoisotopic (exact) mass is 346 g/mol. The topological polar surface area (TPSA) is 64.3 Å². The van der Waals surface area contributed by atoms with Crippen LogP contribution in [0.3, 0.4) is 0 Å². The summed E-state index contributed by atoms with van der Waals surface area (Å²) in [5.74, 6) is 0.942. The van der Waals surface area contributed by atoms with E-state index in [0.29, 0.717) is 35.4 Å². The second kappa shape index (κ2) is 9.23. The lowest BCUT2D eigenvalue weighted by Gasteiger charge is -2.15. The number of nitrogens with one attached hydrogen (secondary N) is 1. The zero-order valence-corrected chi connectivity index (χ0v) is 14.4. The normalized spacial score (nSPS) is 20.3. The second-order valence-corrected chi connectivity index (χ2v) is 6.01. The molecule has 0 saturated heterocycles. The standard InChI is InChI=1S/C16H23ClN2O2.ClH/c1-2-8-21-15-7-6-12(10-13(15)17)19-16(20)9-11-4-3-5-14(11)18;/h6-7,10-11,14H,2-5,8-9,18H2,1H3,(H,19,20);1H/t11-,14+;/m0./s1. The molecule has 0 unspecified atom stereocenters. The largest absolute Gasteiger partial charge is 0.492 e. The first kappa shape index (κ1) is 19.1. The van der Waals surface area contributed by atoms with Crippen molar-refractivity contribution >= 4 is 35.6 Å². The average molecular weight is 347 g/mol. The van der Waals surface area contributed by atoms with E-state index in [0.717, 1.165) is 25.7 Å². The number of ether oxygens (including phenoxy) is 1. The summed E-state index contributed by atoms with van der Waals surface area (Å²) >= 11 is 6.15. The number of carbonyl (C=O) groups excluding carboxylic acids is 1. The molecule has 2 atom stereocenters. The van der Waals surface area contributed by atoms with Crippen molar-refractivity contribution in [2.45, 2.75) is 45.1 Å². The Hall–Kier alpha value is -0.970. The molecule has 1 aromatic rings. The summed E-state index contributed by atoms with van der Waals surface area (Å²) in [6, 6.07) is 5.47. The van der Waals surface area contributed by atoms with Crippen molar-refractivity contribution < 1.29 is 9.53 Å². The SMILES string of the molecule is CCCOc1ccc(NC(=O)C[C@@H]2CCC[C@H]2N)cc1Cl.Cl. The molecule has 1 fully saturated rings. The fourth-order valence-electron chi connectivity index (χ4n) is 2.68. The molecule has 1 amide bonds. The van der Waals surface area contributed by atoms with E-state index in [4.69, 9.17) is 22.1 Å². The van der Waals surface area contributed by atoms with Gasteiger partial charge in [0.25, 0.3) is 0 Å². The van der Waals surface area contributed by atoms with Gasteiger partial charge in [0.15, 0.2) is 0 Å². The van der Waals surface area contributed by atoms with Gasteiger partial charge in [-0.25, -0.2) is 0 Å². The molecule has 2 rings (SSSR count). The minimum Gasteiger partial charge on any atom is -0.492 e. The molecule has 0 radical (unpaired) electrons. The molecule has 4 nitrogen and oxygen atoms in total. The van der Waals surface area contributed by atoms with Gasteiger partial charge in [0.05, 0.1) is 11.6 Å². The minimum atomic E-state index is -0.00403. The van der Waals surface area contributed by atoms with Crippen LogP contribution in [0.4, 0.5) is 5.69 Å². The number of rotatable bonds is 6. The smallest absolute Gasteiger partial charge is 0.224 e. The summed E-state index contributed by atoms with van der Waals surface area (Å²) in [5.41, 5.74) is 6.69. The molecule has 0 spiro atoms. The molecule has 1 aromatic carbocycles. The highest BCUT2D eigenvalue weighted by Crippen LogP contribution is 2.29. The predicted octanol–water partition coefficient (Wildman–Crippen LogP) is 4.01. The van der Waals surface area contributed by atoms with Crippen LogP contribution in [0.1, 0.15) is 39.0 Å². The van der Waals surface area contributed by atoms with Gasteiger partial charge < -0.3 is 15.8 Å². The fourth-order valence-corrected chi connectivity index (χ4v) is 2.91. The number of benzene rings is 1. The molecule has 0 aromatic heterocycles. The van der Waals surface area contributed by atoms with E-state index in [1.807, 2.05) is 13.0 Å². The molecule has 124 valence electrons. The van der Waals surface area contributed by atoms with Crippen molar-refractivity contribution in [3.63, 3.8) is 0 Å². The molecule has 1 saturated carbocycles. The number of halogens is 2. The zero-order chi connectivity index (χ0) is 15.2. The summed E-state index contributed by atoms with van der Waals surface area (Å²) in [4.78, 5) is 12.0. The Bertz CT molecular complexity index is 497. The van der Waals surface area contributed by atoms with Gasteiger partial charge in [-0.3, -0.25) is 4.79 Å². The maximum absolute atomic E-state index is 12.0. The van der Waals surface area contributed by atoms with Gasteiger partial charge in [-0.05, 0) is 43.4 Å². The maximum Gasteiger partial charge on any atom is 0.224 e. The molecule has 1 aliphatic rings. The van der Waals surface area contributed by atoms with E-state index in [-0.39, 0.29) is 24.4 Å². The number of carbonyl (C=O) groups is 1. The minimum absolute atomic E-state index is 0. The van der Waals surface area contributed by atoms with Crippen LogP contribution in [0.25, 0.3) is 0 Å². The van der Waals surface area contributed by atoms with Crippen molar-refractivity contribution in [2.75, 3.05) is 11.9 Å². The Morgan fingerprint density at radius 3 is 2.82 bits per heavy atom. The highest BCUT2D eigenvalue weighted by molar-refractivity contribution is 6.32. The fraction of sp³-hybridized carbons (Fsp3) is 0.562. The van der Waals surface area contributed by atoms with Gasteiger partial charge in [0, 0.05) is 18.2 Å². The first-order valence-corrected chi connectivity index (χ1v) is 7.95. The van der Waals surface area contributed by atoms with E-state index >= 15 is 0 Å². The highest BCUT2D eigenvalue weighted by Gasteiger charge is 2.26. The third-order valence-corrected chi connectivity index (χ3v) is 4.14. The molecule has 6 heteroatoms. The molecule has 22 heavy (non-hydrogen) atoms. The second-order valence-electron chi connectivity index (χ2n) is 5.60. The quantitative estimate of drug-likeness (QED) is 0.817. The van der Waals surface area contributed by atoms with Crippen molar-refractivity contribution in [3.8, 4) is 5.75 Å². The molecule has 0 aliphatic heterocycles. The van der Waals surface area contributed by atoms with Crippen LogP contribution in [0.2, 0.25) is 5.02 Å². The summed E-state index contributed by atoms with van der Waals surface area (Å²) < 4.78 is 5.51. The first-order valence-electron chi connectivity index (χ1n) is 7.58. The number of nitrogens with two attached hydrogens (primary N) is 1. The first-order chi connectivity index (χ1) is 10.1. The summed E-state index contributed by atoms with van der Waals surface area (Å²) in [7, 11) is 0. The number of amides is 1. The number of hydrogen-bond donors (Lipinski definition) is 2. The van der Waals surface area contributed by atoms with Crippen LogP contribution in [-0.4, -0.2) is 18.6 Å². The summed E-state index contributed by atoms with van der Waals surface area (Å²) in [6.45, 7) is 2.67. The van der Waals surface area contributed by atoms with Gasteiger partial charge in [-0.15, -0.1) is 12.4 Å². The Kier molecular flexibility index (Phi) is 8.01. The maximum atomic E-state index is 12.0. The molecule has 3 N–H and O–H groups in total. The Labute approximate surface area is 143 Å². The summed E-state index contributed by atoms with van der Waals surface area (Å²) in [6.07, 6.45) is 4.59. The molecule has 0 heterocycles. The predicted molar refractivity (Wildman–Crippen MR) is 93.0 cm³/mol. The Balaban J connectivity index is 0.00000242. The highest BCUT2D eigenvalue weighted by atomic mass is 35.5. The summed E-state index contributed by atoms with van der Waals surface area (Å²) in [5, 5.41) is 3.39. The van der Waals surface area contributed by atoms with Gasteiger partial charge >= 0.3 is 0 Å². The van der Waals surface area contributed by atoms with E-state index in [1.54, 1.807) is 12.1 Å². The molecular weight excluding hydrogens is 323 g/mol. The van der Waals surface area contributed by atoms with Crippen LogP contribution in [0.5, 0.6) is 5.75 Å². The van der Waals surface area contributed by atoms with Gasteiger partial charge in [0.2, 0.25) is 5.91 Å². The van der Waals surface area contributed by atoms with Crippen LogP contribution < -0.4 is 15.8 Å². The molecule has 0 bridgehead atoms. The zero-order valence-electron chi connectivity index (χ0n) is 12.8. The lowest BCUT2D eigenvalue weighted by Crippen LogP contribution is -2.28. The lowest BCUT2D eigenvalue weighted by molar-refractivity contribution is -0.117. The third kappa shape index (κ3) is 5.34. The van der Waals surface area contributed by atoms with E-state index < -0.39 is 0 Å². The Morgan fingerprint density at radius 2 is 2.23 bits per heavy atom. The van der Waals surface area contributed by atoms with Crippen molar-refractivity contribution in [1.29, 1.82) is 0 Å². The van der Waals surface area contributed by atoms with Crippen molar-refractivity contribution in [1.82, 2.24) is 0 Å². The lowest BCUT2D eigenvalue weighted by atomic mass is 10.00. The molecular formula is C16H24Cl2N2O2. The average Bonchev–Trinajstić information content (AvgIpc) is 2.83.